The van der Waals surface area contributed by atoms with E-state index in [1.807, 2.05) is 17.5 Å². The molecule has 0 saturated heterocycles. The van der Waals surface area contributed by atoms with E-state index in [1.54, 1.807) is 12.1 Å². The molecular weight excluding hydrogens is 264 g/mol. The second-order valence-corrected chi connectivity index (χ2v) is 4.70. The fraction of sp³-hybridized carbons (Fsp3) is 0.154. The molecule has 1 aromatic carbocycles. The molecule has 0 aliphatic rings. The lowest BCUT2D eigenvalue weighted by Gasteiger charge is -2.01. The van der Waals surface area contributed by atoms with Gasteiger partial charge in [0.2, 0.25) is 5.91 Å². The van der Waals surface area contributed by atoms with E-state index in [9.17, 15) is 9.59 Å². The highest BCUT2D eigenvalue weighted by atomic mass is 32.1. The van der Waals surface area contributed by atoms with Crippen LogP contribution >= 0.6 is 11.3 Å². The van der Waals surface area contributed by atoms with Crippen LogP contribution in [-0.2, 0) is 9.59 Å². The summed E-state index contributed by atoms with van der Waals surface area (Å²) in [4.78, 5) is 26.0. The van der Waals surface area contributed by atoms with Crippen molar-refractivity contribution < 1.29 is 14.3 Å². The minimum atomic E-state index is -0.352. The maximum atomic E-state index is 10.9. The second kappa shape index (κ2) is 5.62. The monoisotopic (exact) mass is 276 g/mol. The van der Waals surface area contributed by atoms with E-state index in [4.69, 9.17) is 4.74 Å². The number of thiazole rings is 1. The van der Waals surface area contributed by atoms with Crippen molar-refractivity contribution in [3.63, 3.8) is 0 Å². The number of anilines is 1. The van der Waals surface area contributed by atoms with Crippen molar-refractivity contribution in [2.24, 2.45) is 0 Å². The number of amides is 1. The summed E-state index contributed by atoms with van der Waals surface area (Å²) >= 11 is 1.36. The molecule has 1 heterocycles. The number of carbonyl (C=O) groups excluding carboxylic acids is 2. The van der Waals surface area contributed by atoms with Gasteiger partial charge in [0, 0.05) is 24.8 Å². The van der Waals surface area contributed by atoms with Crippen LogP contribution in [0.4, 0.5) is 5.13 Å². The van der Waals surface area contributed by atoms with Gasteiger partial charge in [-0.1, -0.05) is 0 Å². The molecule has 1 N–H and O–H groups in total. The van der Waals surface area contributed by atoms with Crippen molar-refractivity contribution >= 4 is 28.3 Å². The van der Waals surface area contributed by atoms with Crippen molar-refractivity contribution in [3.8, 4) is 17.0 Å². The quantitative estimate of drug-likeness (QED) is 0.691. The number of rotatable bonds is 3. The molecule has 0 atom stereocenters. The molecule has 6 heteroatoms. The van der Waals surface area contributed by atoms with Crippen LogP contribution in [0.3, 0.4) is 0 Å². The molecule has 2 rings (SSSR count). The number of ether oxygens (including phenoxy) is 1. The Kier molecular flexibility index (Phi) is 3.91. The van der Waals surface area contributed by atoms with Crippen LogP contribution in [0.1, 0.15) is 13.8 Å². The van der Waals surface area contributed by atoms with Crippen LogP contribution in [0.15, 0.2) is 29.6 Å². The average Bonchev–Trinajstić information content (AvgIpc) is 2.76. The number of nitrogens with zero attached hydrogens (tertiary/aromatic N) is 1. The highest BCUT2D eigenvalue weighted by Gasteiger charge is 2.06. The topological polar surface area (TPSA) is 68.3 Å². The first-order chi connectivity index (χ1) is 9.04. The third kappa shape index (κ3) is 3.62. The van der Waals surface area contributed by atoms with Gasteiger partial charge in [0.05, 0.1) is 5.69 Å². The van der Waals surface area contributed by atoms with Gasteiger partial charge in [-0.3, -0.25) is 9.59 Å². The summed E-state index contributed by atoms with van der Waals surface area (Å²) in [5.41, 5.74) is 1.66. The van der Waals surface area contributed by atoms with Crippen LogP contribution in [0.5, 0.6) is 5.75 Å². The molecule has 0 spiro atoms. The molecule has 5 nitrogen and oxygen atoms in total. The minimum Gasteiger partial charge on any atom is -0.427 e. The molecule has 0 radical (unpaired) electrons. The first-order valence-corrected chi connectivity index (χ1v) is 6.44. The number of carbonyl (C=O) groups is 2. The number of hydrogen-bond acceptors (Lipinski definition) is 5. The lowest BCUT2D eigenvalue weighted by Crippen LogP contribution is -2.04. The highest BCUT2D eigenvalue weighted by Crippen LogP contribution is 2.26. The molecule has 0 aliphatic heterocycles. The minimum absolute atomic E-state index is 0.147. The molecule has 0 saturated carbocycles. The largest absolute Gasteiger partial charge is 0.427 e. The fourth-order valence-electron chi connectivity index (χ4n) is 1.47. The molecule has 1 amide bonds. The van der Waals surface area contributed by atoms with Gasteiger partial charge in [-0.15, -0.1) is 11.3 Å². The van der Waals surface area contributed by atoms with E-state index in [0.717, 1.165) is 11.3 Å². The Morgan fingerprint density at radius 1 is 1.21 bits per heavy atom. The van der Waals surface area contributed by atoms with Gasteiger partial charge < -0.3 is 10.1 Å². The van der Waals surface area contributed by atoms with E-state index in [2.05, 4.69) is 10.3 Å². The van der Waals surface area contributed by atoms with Gasteiger partial charge >= 0.3 is 5.97 Å². The molecule has 0 fully saturated rings. The molecule has 0 aliphatic carbocycles. The van der Waals surface area contributed by atoms with Crippen LogP contribution in [0.2, 0.25) is 0 Å². The standard InChI is InChI=1S/C13H12N2O3S/c1-8(16)14-13-15-12(7-19-13)10-3-5-11(6-4-10)18-9(2)17/h3-7H,1-2H3,(H,14,15,16). The zero-order valence-electron chi connectivity index (χ0n) is 10.5. The van der Waals surface area contributed by atoms with Crippen molar-refractivity contribution in [1.29, 1.82) is 0 Å². The maximum absolute atomic E-state index is 10.9. The Bertz CT molecular complexity index is 605. The number of esters is 1. The molecule has 19 heavy (non-hydrogen) atoms. The zero-order chi connectivity index (χ0) is 13.8. The van der Waals surface area contributed by atoms with Gasteiger partial charge in [-0.25, -0.2) is 4.98 Å². The third-order valence-corrected chi connectivity index (χ3v) is 2.96. The van der Waals surface area contributed by atoms with Crippen molar-refractivity contribution in [2.45, 2.75) is 13.8 Å². The van der Waals surface area contributed by atoms with Crippen molar-refractivity contribution in [1.82, 2.24) is 4.98 Å². The first kappa shape index (κ1) is 13.2. The molecule has 0 bridgehead atoms. The lowest BCUT2D eigenvalue weighted by molar-refractivity contribution is -0.131. The number of benzene rings is 1. The fourth-order valence-corrected chi connectivity index (χ4v) is 2.24. The van der Waals surface area contributed by atoms with Gasteiger partial charge in [-0.2, -0.15) is 0 Å². The van der Waals surface area contributed by atoms with Crippen LogP contribution in [0, 0.1) is 0 Å². The lowest BCUT2D eigenvalue weighted by atomic mass is 10.2. The Labute approximate surface area is 114 Å². The smallest absolute Gasteiger partial charge is 0.308 e. The highest BCUT2D eigenvalue weighted by molar-refractivity contribution is 7.14. The predicted molar refractivity (Wildman–Crippen MR) is 73.2 cm³/mol. The van der Waals surface area contributed by atoms with Crippen LogP contribution < -0.4 is 10.1 Å². The Hall–Kier alpha value is -2.21. The third-order valence-electron chi connectivity index (χ3n) is 2.20. The number of hydrogen-bond donors (Lipinski definition) is 1. The van der Waals surface area contributed by atoms with E-state index in [1.165, 1.54) is 25.2 Å². The second-order valence-electron chi connectivity index (χ2n) is 3.84. The van der Waals surface area contributed by atoms with Crippen molar-refractivity contribution in [3.05, 3.63) is 29.6 Å². The van der Waals surface area contributed by atoms with Gasteiger partial charge in [-0.05, 0) is 24.3 Å². The number of nitrogens with one attached hydrogen (secondary N) is 1. The Balaban J connectivity index is 2.15. The first-order valence-electron chi connectivity index (χ1n) is 5.56. The molecule has 1 aromatic heterocycles. The summed E-state index contributed by atoms with van der Waals surface area (Å²) in [6.07, 6.45) is 0. The molecule has 2 aromatic rings. The van der Waals surface area contributed by atoms with Gasteiger partial charge in [0.1, 0.15) is 5.75 Å². The molecular formula is C13H12N2O3S. The zero-order valence-corrected chi connectivity index (χ0v) is 11.3. The summed E-state index contributed by atoms with van der Waals surface area (Å²) in [6, 6.07) is 7.03. The Morgan fingerprint density at radius 2 is 1.89 bits per heavy atom. The predicted octanol–water partition coefficient (Wildman–Crippen LogP) is 2.69. The summed E-state index contributed by atoms with van der Waals surface area (Å²) in [6.45, 7) is 2.79. The SMILES string of the molecule is CC(=O)Nc1nc(-c2ccc(OC(C)=O)cc2)cs1. The van der Waals surface area contributed by atoms with E-state index in [0.29, 0.717) is 10.9 Å². The average molecular weight is 276 g/mol. The summed E-state index contributed by atoms with van der Waals surface area (Å²) in [5, 5.41) is 5.05. The van der Waals surface area contributed by atoms with Crippen molar-refractivity contribution in [2.75, 3.05) is 5.32 Å². The maximum Gasteiger partial charge on any atom is 0.308 e. The summed E-state index contributed by atoms with van der Waals surface area (Å²) in [7, 11) is 0. The molecule has 98 valence electrons. The summed E-state index contributed by atoms with van der Waals surface area (Å²) in [5.74, 6) is -0.00553. The molecule has 0 unspecified atom stereocenters. The van der Waals surface area contributed by atoms with E-state index in [-0.39, 0.29) is 11.9 Å². The van der Waals surface area contributed by atoms with Gasteiger partial charge in [0.25, 0.3) is 0 Å². The Morgan fingerprint density at radius 3 is 2.47 bits per heavy atom. The van der Waals surface area contributed by atoms with Gasteiger partial charge in [0.15, 0.2) is 5.13 Å². The summed E-state index contributed by atoms with van der Waals surface area (Å²) < 4.78 is 4.95. The van der Waals surface area contributed by atoms with E-state index < -0.39 is 0 Å². The van der Waals surface area contributed by atoms with Crippen LogP contribution in [0.25, 0.3) is 11.3 Å². The van der Waals surface area contributed by atoms with Crippen LogP contribution in [-0.4, -0.2) is 16.9 Å². The van der Waals surface area contributed by atoms with E-state index >= 15 is 0 Å². The number of aromatic nitrogens is 1. The normalized spacial score (nSPS) is 10.0.